The summed E-state index contributed by atoms with van der Waals surface area (Å²) in [5, 5.41) is 8.51. The highest BCUT2D eigenvalue weighted by Gasteiger charge is 2.25. The van der Waals surface area contributed by atoms with Gasteiger partial charge in [-0.15, -0.1) is 0 Å². The van der Waals surface area contributed by atoms with E-state index in [1.165, 1.54) is 57.2 Å². The van der Waals surface area contributed by atoms with Gasteiger partial charge >= 0.3 is 0 Å². The third-order valence-corrected chi connectivity index (χ3v) is 4.89. The first-order chi connectivity index (χ1) is 10.9. The highest BCUT2D eigenvalue weighted by atomic mass is 16.5. The minimum absolute atomic E-state index is 0.832. The molecule has 0 unspecified atom stereocenters. The third kappa shape index (κ3) is 3.78. The molecule has 1 heterocycles. The van der Waals surface area contributed by atoms with Crippen molar-refractivity contribution in [1.29, 1.82) is 0 Å². The smallest absolute Gasteiger partial charge is 0.113 e. The molecule has 120 valence electrons. The molecule has 0 spiro atoms. The van der Waals surface area contributed by atoms with E-state index in [-0.39, 0.29) is 0 Å². The number of anilines is 1. The molecule has 1 aromatic rings. The first kappa shape index (κ1) is 15.3. The molecule has 1 saturated carbocycles. The standard InChI is InChI=1S/C17H26N4O/c22-19-14-18-15-6-8-17(9-7-15)21-12-10-20(11-13-21)16-4-2-1-3-5-16/h6-9,14,16,22H,1-5,10-13H2,(H,18,19). The van der Waals surface area contributed by atoms with Crippen molar-refractivity contribution in [2.45, 2.75) is 38.1 Å². The molecule has 1 aliphatic carbocycles. The molecular weight excluding hydrogens is 276 g/mol. The fourth-order valence-electron chi connectivity index (χ4n) is 3.64. The molecule has 0 bridgehead atoms. The Morgan fingerprint density at radius 3 is 2.32 bits per heavy atom. The van der Waals surface area contributed by atoms with Crippen LogP contribution in [0.5, 0.6) is 0 Å². The number of benzene rings is 1. The average Bonchev–Trinajstić information content (AvgIpc) is 2.61. The largest absolute Gasteiger partial charge is 0.369 e. The maximum Gasteiger partial charge on any atom is 0.113 e. The Bertz CT molecular complexity index is 474. The molecule has 0 atom stereocenters. The lowest BCUT2D eigenvalue weighted by atomic mass is 9.94. The van der Waals surface area contributed by atoms with Crippen LogP contribution in [0.1, 0.15) is 32.1 Å². The zero-order valence-electron chi connectivity index (χ0n) is 13.1. The summed E-state index contributed by atoms with van der Waals surface area (Å²) in [6, 6.07) is 9.02. The van der Waals surface area contributed by atoms with Gasteiger partial charge in [0.1, 0.15) is 6.34 Å². The summed E-state index contributed by atoms with van der Waals surface area (Å²) < 4.78 is 0. The topological polar surface area (TPSA) is 51.1 Å². The number of nitrogens with zero attached hydrogens (tertiary/aromatic N) is 3. The Labute approximate surface area is 132 Å². The van der Waals surface area contributed by atoms with Gasteiger partial charge in [-0.3, -0.25) is 15.6 Å². The van der Waals surface area contributed by atoms with Crippen LogP contribution >= 0.6 is 0 Å². The van der Waals surface area contributed by atoms with Crippen LogP contribution in [0.25, 0.3) is 0 Å². The van der Waals surface area contributed by atoms with Gasteiger partial charge in [0.25, 0.3) is 0 Å². The molecule has 5 heteroatoms. The molecule has 5 nitrogen and oxygen atoms in total. The molecule has 1 aromatic carbocycles. The van der Waals surface area contributed by atoms with Gasteiger partial charge in [-0.05, 0) is 37.1 Å². The summed E-state index contributed by atoms with van der Waals surface area (Å²) in [6.45, 7) is 4.58. The fraction of sp³-hybridized carbons (Fsp3) is 0.588. The van der Waals surface area contributed by atoms with E-state index in [2.05, 4.69) is 26.9 Å². The van der Waals surface area contributed by atoms with Crippen LogP contribution < -0.4 is 10.4 Å². The lowest BCUT2D eigenvalue weighted by Crippen LogP contribution is -2.50. The van der Waals surface area contributed by atoms with Crippen LogP contribution in [-0.2, 0) is 0 Å². The van der Waals surface area contributed by atoms with E-state index >= 15 is 0 Å². The maximum absolute atomic E-state index is 8.51. The summed E-state index contributed by atoms with van der Waals surface area (Å²) in [4.78, 5) is 9.22. The van der Waals surface area contributed by atoms with E-state index < -0.39 is 0 Å². The Hall–Kier alpha value is -1.59. The number of hydroxylamine groups is 1. The van der Waals surface area contributed by atoms with Gasteiger partial charge in [-0.25, -0.2) is 4.99 Å². The normalized spacial score (nSPS) is 21.4. The van der Waals surface area contributed by atoms with E-state index in [1.807, 2.05) is 17.6 Å². The average molecular weight is 302 g/mol. The van der Waals surface area contributed by atoms with Gasteiger partial charge in [0, 0.05) is 37.9 Å². The van der Waals surface area contributed by atoms with Crippen molar-refractivity contribution in [3.63, 3.8) is 0 Å². The molecule has 2 N–H and O–H groups in total. The minimum atomic E-state index is 0.832. The number of aliphatic imine (C=N–C) groups is 1. The van der Waals surface area contributed by atoms with Crippen molar-refractivity contribution < 1.29 is 5.21 Å². The second-order valence-electron chi connectivity index (χ2n) is 6.22. The molecule has 2 aliphatic rings. The summed E-state index contributed by atoms with van der Waals surface area (Å²) >= 11 is 0. The molecule has 0 amide bonds. The Morgan fingerprint density at radius 2 is 1.68 bits per heavy atom. The van der Waals surface area contributed by atoms with Crippen molar-refractivity contribution in [3.05, 3.63) is 24.3 Å². The summed E-state index contributed by atoms with van der Waals surface area (Å²) in [5.41, 5.74) is 4.02. The van der Waals surface area contributed by atoms with Gasteiger partial charge < -0.3 is 4.90 Å². The van der Waals surface area contributed by atoms with Crippen LogP contribution in [0.4, 0.5) is 11.4 Å². The number of piperazine rings is 1. The molecule has 1 aliphatic heterocycles. The second-order valence-corrected chi connectivity index (χ2v) is 6.22. The van der Waals surface area contributed by atoms with E-state index in [9.17, 15) is 0 Å². The van der Waals surface area contributed by atoms with Crippen LogP contribution in [-0.4, -0.2) is 48.7 Å². The Morgan fingerprint density at radius 1 is 1.00 bits per heavy atom. The predicted molar refractivity (Wildman–Crippen MR) is 90.2 cm³/mol. The zero-order chi connectivity index (χ0) is 15.2. The third-order valence-electron chi connectivity index (χ3n) is 4.89. The molecular formula is C17H26N4O. The maximum atomic E-state index is 8.51. The Kier molecular flexibility index (Phi) is 5.29. The molecule has 0 aromatic heterocycles. The quantitative estimate of drug-likeness (QED) is 0.510. The van der Waals surface area contributed by atoms with E-state index in [1.54, 1.807) is 0 Å². The number of rotatable bonds is 4. The summed E-state index contributed by atoms with van der Waals surface area (Å²) in [7, 11) is 0. The first-order valence-corrected chi connectivity index (χ1v) is 8.38. The van der Waals surface area contributed by atoms with Crippen molar-refractivity contribution in [3.8, 4) is 0 Å². The Balaban J connectivity index is 1.53. The number of hydrogen-bond acceptors (Lipinski definition) is 4. The molecule has 3 rings (SSSR count). The number of hydrogen-bond donors (Lipinski definition) is 2. The number of nitrogens with one attached hydrogen (secondary N) is 1. The molecule has 0 radical (unpaired) electrons. The van der Waals surface area contributed by atoms with Crippen LogP contribution in [0.15, 0.2) is 29.3 Å². The van der Waals surface area contributed by atoms with Crippen LogP contribution in [0, 0.1) is 0 Å². The van der Waals surface area contributed by atoms with Gasteiger partial charge in [0.15, 0.2) is 0 Å². The second kappa shape index (κ2) is 7.61. The van der Waals surface area contributed by atoms with Gasteiger partial charge in [0.05, 0.1) is 5.69 Å². The van der Waals surface area contributed by atoms with Crippen molar-refractivity contribution in [1.82, 2.24) is 10.4 Å². The lowest BCUT2D eigenvalue weighted by molar-refractivity contribution is 0.148. The van der Waals surface area contributed by atoms with Crippen LogP contribution in [0.3, 0.4) is 0 Å². The summed E-state index contributed by atoms with van der Waals surface area (Å²) in [6.07, 6.45) is 8.32. The lowest BCUT2D eigenvalue weighted by Gasteiger charge is -2.41. The fourth-order valence-corrected chi connectivity index (χ4v) is 3.64. The monoisotopic (exact) mass is 302 g/mol. The van der Waals surface area contributed by atoms with Crippen molar-refractivity contribution in [2.24, 2.45) is 4.99 Å². The highest BCUT2D eigenvalue weighted by Crippen LogP contribution is 2.25. The van der Waals surface area contributed by atoms with E-state index in [0.29, 0.717) is 0 Å². The highest BCUT2D eigenvalue weighted by molar-refractivity contribution is 5.61. The van der Waals surface area contributed by atoms with Crippen molar-refractivity contribution in [2.75, 3.05) is 31.1 Å². The predicted octanol–water partition coefficient (Wildman–Crippen LogP) is 2.78. The molecule has 22 heavy (non-hydrogen) atoms. The zero-order valence-corrected chi connectivity index (χ0v) is 13.1. The molecule has 2 fully saturated rings. The minimum Gasteiger partial charge on any atom is -0.369 e. The van der Waals surface area contributed by atoms with Gasteiger partial charge in [-0.2, -0.15) is 0 Å². The van der Waals surface area contributed by atoms with Crippen LogP contribution in [0.2, 0.25) is 0 Å². The van der Waals surface area contributed by atoms with E-state index in [0.717, 1.165) is 24.8 Å². The van der Waals surface area contributed by atoms with E-state index in [4.69, 9.17) is 5.21 Å². The van der Waals surface area contributed by atoms with Gasteiger partial charge in [-0.1, -0.05) is 19.3 Å². The summed E-state index contributed by atoms with van der Waals surface area (Å²) in [5.74, 6) is 0. The molecule has 1 saturated heterocycles. The van der Waals surface area contributed by atoms with Crippen molar-refractivity contribution >= 4 is 17.7 Å². The SMILES string of the molecule is ONC=Nc1ccc(N2CCN(C3CCCCC3)CC2)cc1. The van der Waals surface area contributed by atoms with Gasteiger partial charge in [0.2, 0.25) is 0 Å². The first-order valence-electron chi connectivity index (χ1n) is 8.38.